The molecule has 1 aliphatic rings. The smallest absolute Gasteiger partial charge is 0.368 e. The number of anilines is 1. The largest absolute Gasteiger partial charge is 0.433 e. The summed E-state index contributed by atoms with van der Waals surface area (Å²) in [7, 11) is 0. The first kappa shape index (κ1) is 22.0. The van der Waals surface area contributed by atoms with E-state index in [9.17, 15) is 26.3 Å². The van der Waals surface area contributed by atoms with Crippen molar-refractivity contribution >= 4 is 43.2 Å². The summed E-state index contributed by atoms with van der Waals surface area (Å²) in [6.45, 7) is 3.20. The van der Waals surface area contributed by atoms with Crippen LogP contribution >= 0.6 is 11.3 Å². The van der Waals surface area contributed by atoms with Crippen LogP contribution in [0.2, 0.25) is 0 Å². The number of nitrogens with one attached hydrogen (secondary N) is 1. The van der Waals surface area contributed by atoms with Gasteiger partial charge in [0.1, 0.15) is 33.1 Å². The summed E-state index contributed by atoms with van der Waals surface area (Å²) >= 11 is 0.992. The number of fused-ring (bicyclic) bond motifs is 6. The van der Waals surface area contributed by atoms with E-state index < -0.39 is 30.1 Å². The topological polar surface area (TPSA) is 85.8 Å². The molecule has 0 fully saturated rings. The minimum atomic E-state index is -4.60. The average Bonchev–Trinajstić information content (AvgIpc) is 3.45. The van der Waals surface area contributed by atoms with E-state index in [4.69, 9.17) is 0 Å². The average molecular weight is 512 g/mol. The van der Waals surface area contributed by atoms with Gasteiger partial charge in [-0.05, 0) is 31.9 Å². The van der Waals surface area contributed by atoms with Gasteiger partial charge in [0.2, 0.25) is 5.82 Å². The van der Waals surface area contributed by atoms with Crippen molar-refractivity contribution in [2.45, 2.75) is 44.7 Å². The number of thiophene rings is 1. The monoisotopic (exact) mass is 512 g/mol. The van der Waals surface area contributed by atoms with E-state index in [1.165, 1.54) is 16.9 Å². The Bertz CT molecular complexity index is 1630. The van der Waals surface area contributed by atoms with E-state index >= 15 is 0 Å². The summed E-state index contributed by atoms with van der Waals surface area (Å²) in [5.41, 5.74) is 0.206. The Hall–Kier alpha value is -3.49. The minimum absolute atomic E-state index is 0.0645. The van der Waals surface area contributed by atoms with Crippen LogP contribution in [0.3, 0.4) is 0 Å². The Morgan fingerprint density at radius 2 is 1.86 bits per heavy atom. The van der Waals surface area contributed by atoms with Gasteiger partial charge < -0.3 is 5.32 Å². The molecule has 2 atom stereocenters. The number of pyridine rings is 1. The molecule has 0 amide bonds. The number of hydrogen-bond acceptors (Lipinski definition) is 7. The molecule has 1 N–H and O–H groups in total. The van der Waals surface area contributed by atoms with Crippen LogP contribution in [0, 0.1) is 6.92 Å². The predicted octanol–water partition coefficient (Wildman–Crippen LogP) is 5.39. The summed E-state index contributed by atoms with van der Waals surface area (Å²) in [4.78, 5) is 12.7. The van der Waals surface area contributed by atoms with E-state index in [2.05, 4.69) is 30.5 Å². The first-order chi connectivity index (χ1) is 16.4. The van der Waals surface area contributed by atoms with Gasteiger partial charge in [0.15, 0.2) is 11.7 Å². The van der Waals surface area contributed by atoms with Gasteiger partial charge in [0.05, 0.1) is 5.52 Å². The third kappa shape index (κ3) is 3.39. The highest BCUT2D eigenvalue weighted by Crippen LogP contribution is 2.41. The van der Waals surface area contributed by atoms with Gasteiger partial charge >= 0.3 is 12.4 Å². The van der Waals surface area contributed by atoms with E-state index in [1.54, 1.807) is 13.8 Å². The lowest BCUT2D eigenvalue weighted by Crippen LogP contribution is -2.37. The number of hydrogen-bond donors (Lipinski definition) is 1. The maximum Gasteiger partial charge on any atom is 0.433 e. The quantitative estimate of drug-likeness (QED) is 0.304. The molecule has 15 heteroatoms. The lowest BCUT2D eigenvalue weighted by atomic mass is 10.1. The van der Waals surface area contributed by atoms with E-state index in [0.717, 1.165) is 22.1 Å². The summed E-state index contributed by atoms with van der Waals surface area (Å²) in [5.74, 6) is 0.263. The zero-order valence-electron chi connectivity index (χ0n) is 17.9. The van der Waals surface area contributed by atoms with Crippen LogP contribution in [0.5, 0.6) is 0 Å². The second-order valence-electron chi connectivity index (χ2n) is 8.43. The normalized spacial score (nSPS) is 19.0. The van der Waals surface area contributed by atoms with Crippen molar-refractivity contribution in [1.82, 2.24) is 34.3 Å². The SMILES string of the molecule is Cc1cc(C(F)(F)F)nc2sc3c(ncn4nc(-c5cc6n(n5)C(C(F)(F)F)CC(C)N6)nc34)c12. The molecule has 5 aromatic rings. The van der Waals surface area contributed by atoms with Crippen molar-refractivity contribution in [1.29, 1.82) is 0 Å². The fourth-order valence-corrected chi connectivity index (χ4v) is 5.51. The van der Waals surface area contributed by atoms with Crippen molar-refractivity contribution in [2.75, 3.05) is 5.32 Å². The van der Waals surface area contributed by atoms with Gasteiger partial charge in [0, 0.05) is 17.5 Å². The van der Waals surface area contributed by atoms with Crippen molar-refractivity contribution in [2.24, 2.45) is 0 Å². The van der Waals surface area contributed by atoms with Crippen molar-refractivity contribution in [3.05, 3.63) is 29.7 Å². The highest BCUT2D eigenvalue weighted by atomic mass is 32.1. The van der Waals surface area contributed by atoms with E-state index in [-0.39, 0.29) is 28.6 Å². The third-order valence-electron chi connectivity index (χ3n) is 5.86. The number of alkyl halides is 6. The van der Waals surface area contributed by atoms with Crippen LogP contribution in [0.4, 0.5) is 32.2 Å². The molecule has 8 nitrogen and oxygen atoms in total. The van der Waals surface area contributed by atoms with Crippen LogP contribution in [0.25, 0.3) is 37.6 Å². The second-order valence-corrected chi connectivity index (χ2v) is 9.43. The molecule has 2 unspecified atom stereocenters. The zero-order chi connectivity index (χ0) is 24.9. The highest BCUT2D eigenvalue weighted by molar-refractivity contribution is 7.26. The molecule has 0 radical (unpaired) electrons. The molecule has 0 saturated heterocycles. The Morgan fingerprint density at radius 3 is 2.57 bits per heavy atom. The molecule has 182 valence electrons. The minimum Gasteiger partial charge on any atom is -0.368 e. The van der Waals surface area contributed by atoms with Crippen LogP contribution in [-0.4, -0.2) is 46.6 Å². The number of nitrogens with zero attached hydrogens (tertiary/aromatic N) is 7. The Kier molecular flexibility index (Phi) is 4.41. The maximum atomic E-state index is 13.6. The summed E-state index contributed by atoms with van der Waals surface area (Å²) in [5, 5.41) is 11.9. The van der Waals surface area contributed by atoms with Gasteiger partial charge in [0.25, 0.3) is 0 Å². The van der Waals surface area contributed by atoms with Crippen molar-refractivity contribution in [3.8, 4) is 11.5 Å². The molecule has 1 aliphatic heterocycles. The molecule has 0 spiro atoms. The number of halogens is 6. The molecule has 0 aromatic carbocycles. The summed E-state index contributed by atoms with van der Waals surface area (Å²) in [6, 6.07) is 0.218. The van der Waals surface area contributed by atoms with Gasteiger partial charge in [-0.25, -0.2) is 24.1 Å². The fourth-order valence-electron chi connectivity index (χ4n) is 4.33. The Labute approximate surface area is 195 Å². The third-order valence-corrected chi connectivity index (χ3v) is 6.93. The van der Waals surface area contributed by atoms with Crippen molar-refractivity contribution < 1.29 is 26.3 Å². The first-order valence-corrected chi connectivity index (χ1v) is 11.2. The molecule has 5 aromatic heterocycles. The number of aromatic nitrogens is 7. The maximum absolute atomic E-state index is 13.6. The van der Waals surface area contributed by atoms with Crippen LogP contribution in [0.1, 0.15) is 30.6 Å². The number of rotatable bonds is 1. The molecule has 0 bridgehead atoms. The number of aryl methyl sites for hydroxylation is 1. The first-order valence-electron chi connectivity index (χ1n) is 10.4. The molecular formula is C20H14F6N8S. The standard InChI is InChI=1S/C20H14F6N8S/c1-7-3-10(19(21,22)23)29-18-13(7)14-15(35-18)17-30-16(32-33(17)6-27-14)9-5-12-28-8(2)4-11(20(24,25)26)34(12)31-9/h3,5-6,8,11,28H,4H2,1-2H3. The summed E-state index contributed by atoms with van der Waals surface area (Å²) in [6.07, 6.45) is -7.89. The lowest BCUT2D eigenvalue weighted by molar-refractivity contribution is -0.173. The predicted molar refractivity (Wildman–Crippen MR) is 115 cm³/mol. The molecule has 0 aliphatic carbocycles. The van der Waals surface area contributed by atoms with E-state index in [0.29, 0.717) is 26.8 Å². The Morgan fingerprint density at radius 1 is 1.09 bits per heavy atom. The van der Waals surface area contributed by atoms with Gasteiger partial charge in [-0.1, -0.05) is 0 Å². The van der Waals surface area contributed by atoms with Gasteiger partial charge in [-0.15, -0.1) is 16.4 Å². The molecule has 0 saturated carbocycles. The highest BCUT2D eigenvalue weighted by Gasteiger charge is 2.45. The summed E-state index contributed by atoms with van der Waals surface area (Å²) < 4.78 is 83.1. The second kappa shape index (κ2) is 7.02. The van der Waals surface area contributed by atoms with Crippen LogP contribution in [0.15, 0.2) is 18.5 Å². The van der Waals surface area contributed by atoms with Gasteiger partial charge in [-0.3, -0.25) is 0 Å². The zero-order valence-corrected chi connectivity index (χ0v) is 18.7. The fraction of sp³-hybridized carbons (Fsp3) is 0.350. The van der Waals surface area contributed by atoms with E-state index in [1.807, 2.05) is 0 Å². The molecule has 6 heterocycles. The molecule has 35 heavy (non-hydrogen) atoms. The molecule has 6 rings (SSSR count). The van der Waals surface area contributed by atoms with Crippen molar-refractivity contribution in [3.63, 3.8) is 0 Å². The van der Waals surface area contributed by atoms with Gasteiger partial charge in [-0.2, -0.15) is 31.4 Å². The van der Waals surface area contributed by atoms with Crippen LogP contribution < -0.4 is 5.32 Å². The lowest BCUT2D eigenvalue weighted by Gasteiger charge is -2.31. The molecular weight excluding hydrogens is 498 g/mol. The van der Waals surface area contributed by atoms with Crippen LogP contribution in [-0.2, 0) is 6.18 Å². The Balaban J connectivity index is 1.51.